The molecule has 1 N–H and O–H groups in total. The molecule has 1 aliphatic rings. The first kappa shape index (κ1) is 26.4. The Morgan fingerprint density at radius 1 is 1.00 bits per heavy atom. The van der Waals surface area contributed by atoms with Crippen molar-refractivity contribution >= 4 is 28.3 Å². The van der Waals surface area contributed by atoms with Gasteiger partial charge in [0.25, 0.3) is 5.91 Å². The molecule has 2 aromatic carbocycles. The number of carbonyl (C=O) groups is 2. The highest BCUT2D eigenvalue weighted by Gasteiger charge is 2.31. The predicted molar refractivity (Wildman–Crippen MR) is 146 cm³/mol. The first-order chi connectivity index (χ1) is 18.8. The maximum Gasteiger partial charge on any atom is 0.349 e. The number of carbonyl (C=O) groups excluding carboxylic acids is 2. The quantitative estimate of drug-likeness (QED) is 0.287. The van der Waals surface area contributed by atoms with E-state index in [0.717, 1.165) is 43.0 Å². The van der Waals surface area contributed by atoms with Gasteiger partial charge in [-0.15, -0.1) is 21.5 Å². The molecule has 11 heteroatoms. The average Bonchev–Trinajstić information content (AvgIpc) is 3.52. The zero-order valence-corrected chi connectivity index (χ0v) is 22.8. The van der Waals surface area contributed by atoms with Crippen LogP contribution in [0.3, 0.4) is 0 Å². The summed E-state index contributed by atoms with van der Waals surface area (Å²) in [5, 5.41) is 13.8. The molecule has 0 aliphatic carbocycles. The van der Waals surface area contributed by atoms with Gasteiger partial charge in [-0.3, -0.25) is 10.1 Å². The van der Waals surface area contributed by atoms with Crippen LogP contribution in [0.25, 0.3) is 11.4 Å². The zero-order valence-electron chi connectivity index (χ0n) is 22.0. The number of ether oxygens (including phenoxy) is 3. The van der Waals surface area contributed by atoms with Gasteiger partial charge in [-0.05, 0) is 63.1 Å². The maximum atomic E-state index is 13.0. The second-order valence-corrected chi connectivity index (χ2v) is 10.5. The summed E-state index contributed by atoms with van der Waals surface area (Å²) in [6.45, 7) is 4.09. The monoisotopic (exact) mass is 547 g/mol. The zero-order chi connectivity index (χ0) is 27.4. The molecule has 0 spiro atoms. The molecular formula is C28H29N5O5S. The van der Waals surface area contributed by atoms with Gasteiger partial charge < -0.3 is 18.8 Å². The van der Waals surface area contributed by atoms with Gasteiger partial charge in [0.1, 0.15) is 23.1 Å². The molecule has 2 aromatic heterocycles. The number of aromatic nitrogens is 4. The van der Waals surface area contributed by atoms with Crippen LogP contribution in [0.4, 0.5) is 5.13 Å². The fourth-order valence-corrected chi connectivity index (χ4v) is 4.89. The van der Waals surface area contributed by atoms with E-state index in [2.05, 4.69) is 25.1 Å². The second-order valence-electron chi connectivity index (χ2n) is 9.62. The molecule has 0 unspecified atom stereocenters. The first-order valence-electron chi connectivity index (χ1n) is 12.7. The van der Waals surface area contributed by atoms with Crippen molar-refractivity contribution < 1.29 is 23.8 Å². The SMILES string of the molecule is COC(=O)C(C)(C)Oc1cc(Oc2ccc(-c3nnc4n3CCCCC4)cc2)cc(C(=O)Nc2nccs2)c1. The number of hydrogen-bond donors (Lipinski definition) is 1. The summed E-state index contributed by atoms with van der Waals surface area (Å²) < 4.78 is 19.1. The van der Waals surface area contributed by atoms with E-state index >= 15 is 0 Å². The lowest BCUT2D eigenvalue weighted by atomic mass is 10.1. The van der Waals surface area contributed by atoms with Crippen LogP contribution in [0.5, 0.6) is 17.2 Å². The Morgan fingerprint density at radius 3 is 2.54 bits per heavy atom. The fraction of sp³-hybridized carbons (Fsp3) is 0.321. The van der Waals surface area contributed by atoms with E-state index in [-0.39, 0.29) is 17.2 Å². The minimum absolute atomic E-state index is 0.273. The van der Waals surface area contributed by atoms with Crippen LogP contribution in [0.1, 0.15) is 49.3 Å². The smallest absolute Gasteiger partial charge is 0.349 e. The van der Waals surface area contributed by atoms with E-state index in [1.54, 1.807) is 43.6 Å². The maximum absolute atomic E-state index is 13.0. The van der Waals surface area contributed by atoms with Gasteiger partial charge in [0.2, 0.25) is 0 Å². The molecular weight excluding hydrogens is 518 g/mol. The Labute approximate surface area is 230 Å². The molecule has 0 radical (unpaired) electrons. The molecule has 202 valence electrons. The van der Waals surface area contributed by atoms with Crippen molar-refractivity contribution in [2.24, 2.45) is 0 Å². The van der Waals surface area contributed by atoms with E-state index in [1.165, 1.54) is 24.9 Å². The van der Waals surface area contributed by atoms with Gasteiger partial charge in [-0.1, -0.05) is 6.42 Å². The highest BCUT2D eigenvalue weighted by molar-refractivity contribution is 7.13. The summed E-state index contributed by atoms with van der Waals surface area (Å²) in [6, 6.07) is 12.3. The van der Waals surface area contributed by atoms with E-state index in [0.29, 0.717) is 16.6 Å². The van der Waals surface area contributed by atoms with Crippen LogP contribution in [0.15, 0.2) is 54.0 Å². The number of methoxy groups -OCH3 is 1. The van der Waals surface area contributed by atoms with Gasteiger partial charge >= 0.3 is 5.97 Å². The van der Waals surface area contributed by atoms with E-state index in [1.807, 2.05) is 24.3 Å². The lowest BCUT2D eigenvalue weighted by molar-refractivity contribution is -0.156. The molecule has 0 atom stereocenters. The number of nitrogens with zero attached hydrogens (tertiary/aromatic N) is 4. The van der Waals surface area contributed by atoms with Crippen LogP contribution in [-0.4, -0.2) is 44.3 Å². The average molecular weight is 548 g/mol. The predicted octanol–water partition coefficient (Wildman–Crippen LogP) is 5.50. The Kier molecular flexibility index (Phi) is 7.60. The van der Waals surface area contributed by atoms with Crippen molar-refractivity contribution in [2.75, 3.05) is 12.4 Å². The van der Waals surface area contributed by atoms with Crippen molar-refractivity contribution in [3.05, 3.63) is 65.4 Å². The Balaban J connectivity index is 1.40. The number of amides is 1. The van der Waals surface area contributed by atoms with E-state index in [4.69, 9.17) is 14.2 Å². The van der Waals surface area contributed by atoms with Crippen molar-refractivity contribution in [3.63, 3.8) is 0 Å². The highest BCUT2D eigenvalue weighted by atomic mass is 32.1. The lowest BCUT2D eigenvalue weighted by Crippen LogP contribution is -2.39. The van der Waals surface area contributed by atoms with Gasteiger partial charge in [0.15, 0.2) is 16.6 Å². The Morgan fingerprint density at radius 2 is 1.79 bits per heavy atom. The van der Waals surface area contributed by atoms with Gasteiger partial charge in [-0.2, -0.15) is 0 Å². The van der Waals surface area contributed by atoms with Gasteiger partial charge in [0, 0.05) is 41.7 Å². The summed E-state index contributed by atoms with van der Waals surface area (Å²) in [6.07, 6.45) is 5.99. The molecule has 4 aromatic rings. The third-order valence-electron chi connectivity index (χ3n) is 6.30. The van der Waals surface area contributed by atoms with Gasteiger partial charge in [0.05, 0.1) is 7.11 Å². The van der Waals surface area contributed by atoms with Crippen LogP contribution in [0, 0.1) is 0 Å². The largest absolute Gasteiger partial charge is 0.476 e. The molecule has 1 aliphatic heterocycles. The summed E-state index contributed by atoms with van der Waals surface area (Å²) >= 11 is 1.31. The number of fused-ring (bicyclic) bond motifs is 1. The van der Waals surface area contributed by atoms with E-state index in [9.17, 15) is 9.59 Å². The molecule has 0 fully saturated rings. The molecule has 5 rings (SSSR count). The topological polar surface area (TPSA) is 117 Å². The summed E-state index contributed by atoms with van der Waals surface area (Å²) in [4.78, 5) is 29.3. The summed E-state index contributed by atoms with van der Waals surface area (Å²) in [7, 11) is 1.29. The number of aryl methyl sites for hydroxylation is 1. The highest BCUT2D eigenvalue weighted by Crippen LogP contribution is 2.32. The molecule has 3 heterocycles. The van der Waals surface area contributed by atoms with Crippen LogP contribution in [-0.2, 0) is 22.5 Å². The van der Waals surface area contributed by atoms with E-state index < -0.39 is 11.6 Å². The number of rotatable bonds is 8. The number of hydrogen-bond acceptors (Lipinski definition) is 9. The lowest BCUT2D eigenvalue weighted by Gasteiger charge is -2.24. The third-order valence-corrected chi connectivity index (χ3v) is 6.99. The molecule has 0 saturated carbocycles. The van der Waals surface area contributed by atoms with Crippen LogP contribution >= 0.6 is 11.3 Å². The minimum Gasteiger partial charge on any atom is -0.476 e. The molecule has 10 nitrogen and oxygen atoms in total. The van der Waals surface area contributed by atoms with Gasteiger partial charge in [-0.25, -0.2) is 9.78 Å². The number of thiazole rings is 1. The molecule has 0 saturated heterocycles. The Hall–Kier alpha value is -4.25. The summed E-state index contributed by atoms with van der Waals surface area (Å²) in [5.41, 5.74) is -0.0569. The van der Waals surface area contributed by atoms with Crippen molar-refractivity contribution in [3.8, 4) is 28.6 Å². The molecule has 1 amide bonds. The summed E-state index contributed by atoms with van der Waals surface area (Å²) in [5.74, 6) is 2.13. The second kappa shape index (κ2) is 11.2. The van der Waals surface area contributed by atoms with Crippen molar-refractivity contribution in [1.29, 1.82) is 0 Å². The number of benzene rings is 2. The normalized spacial score (nSPS) is 13.2. The number of esters is 1. The number of anilines is 1. The van der Waals surface area contributed by atoms with Crippen molar-refractivity contribution in [1.82, 2.24) is 19.7 Å². The van der Waals surface area contributed by atoms with Crippen LogP contribution < -0.4 is 14.8 Å². The molecule has 0 bridgehead atoms. The van der Waals surface area contributed by atoms with Crippen molar-refractivity contribution in [2.45, 2.75) is 51.7 Å². The third kappa shape index (κ3) is 6.09. The molecule has 39 heavy (non-hydrogen) atoms. The van der Waals surface area contributed by atoms with Crippen LogP contribution in [0.2, 0.25) is 0 Å². The first-order valence-corrected chi connectivity index (χ1v) is 13.5. The standard InChI is InChI=1S/C28H29N5O5S/c1-28(2,26(35)36-3)38-22-16-19(25(34)30-27-29-12-14-39-27)15-21(17-22)37-20-10-8-18(9-11-20)24-32-31-23-7-5-4-6-13-33(23)24/h8-12,14-17H,4-7,13H2,1-3H3,(H,29,30,34). The fourth-order valence-electron chi connectivity index (χ4n) is 4.36. The minimum atomic E-state index is -1.28. The Bertz CT molecular complexity index is 1460. The number of nitrogens with one attached hydrogen (secondary N) is 1.